The molecule has 1 aromatic rings. The number of carbonyl (C=O) groups is 1. The van der Waals surface area contributed by atoms with Crippen LogP contribution in [0.2, 0.25) is 0 Å². The predicted molar refractivity (Wildman–Crippen MR) is 90.9 cm³/mol. The Balaban J connectivity index is 0.00000200. The molecule has 0 spiro atoms. The third-order valence-electron chi connectivity index (χ3n) is 3.47. The van der Waals surface area contributed by atoms with Gasteiger partial charge in [0.05, 0.1) is 0 Å². The Hall–Kier alpha value is -0.100. The number of nitrogens with one attached hydrogen (secondary N) is 1. The van der Waals surface area contributed by atoms with Crippen molar-refractivity contribution in [1.29, 1.82) is 0 Å². The number of hydrogen-bond acceptors (Lipinski definition) is 3. The number of halogens is 2. The maximum absolute atomic E-state index is 12.4. The second kappa shape index (κ2) is 9.03. The van der Waals surface area contributed by atoms with Gasteiger partial charge in [0, 0.05) is 40.3 Å². The van der Waals surface area contributed by atoms with Crippen molar-refractivity contribution >= 4 is 45.6 Å². The summed E-state index contributed by atoms with van der Waals surface area (Å²) in [4.78, 5) is 15.8. The number of carbonyl (C=O) groups excluding carboxylic acids is 1. The van der Waals surface area contributed by atoms with Crippen molar-refractivity contribution in [2.75, 3.05) is 19.6 Å². The highest BCUT2D eigenvalue weighted by Gasteiger charge is 2.25. The molecule has 20 heavy (non-hydrogen) atoms. The summed E-state index contributed by atoms with van der Waals surface area (Å²) in [6.45, 7) is 5.02. The SMILES string of the molecule is CCCN(C(=O)CCc1cc(Br)cs1)C1CCNC1.Cl. The molecular weight excluding hydrogens is 360 g/mol. The Kier molecular flexibility index (Phi) is 8.10. The van der Waals surface area contributed by atoms with Crippen LogP contribution in [0.1, 0.15) is 31.1 Å². The van der Waals surface area contributed by atoms with Crippen LogP contribution in [0.15, 0.2) is 15.9 Å². The minimum absolute atomic E-state index is 0. The average Bonchev–Trinajstić information content (AvgIpc) is 3.04. The van der Waals surface area contributed by atoms with Crippen molar-refractivity contribution in [3.63, 3.8) is 0 Å². The van der Waals surface area contributed by atoms with Crippen LogP contribution in [0.5, 0.6) is 0 Å². The van der Waals surface area contributed by atoms with Crippen LogP contribution in [0, 0.1) is 0 Å². The van der Waals surface area contributed by atoms with Gasteiger partial charge in [0.15, 0.2) is 0 Å². The summed E-state index contributed by atoms with van der Waals surface area (Å²) in [5.41, 5.74) is 0. The van der Waals surface area contributed by atoms with E-state index in [1.54, 1.807) is 11.3 Å². The van der Waals surface area contributed by atoms with Crippen LogP contribution >= 0.6 is 39.7 Å². The lowest BCUT2D eigenvalue weighted by Crippen LogP contribution is -2.42. The molecule has 1 unspecified atom stereocenters. The molecule has 0 bridgehead atoms. The Morgan fingerprint density at radius 2 is 2.40 bits per heavy atom. The number of amides is 1. The first-order chi connectivity index (χ1) is 9.20. The summed E-state index contributed by atoms with van der Waals surface area (Å²) < 4.78 is 1.12. The van der Waals surface area contributed by atoms with E-state index in [-0.39, 0.29) is 12.4 Å². The molecule has 0 aromatic carbocycles. The molecule has 1 atom stereocenters. The van der Waals surface area contributed by atoms with E-state index in [2.05, 4.69) is 44.5 Å². The topological polar surface area (TPSA) is 32.3 Å². The number of hydrogen-bond donors (Lipinski definition) is 1. The van der Waals surface area contributed by atoms with Gasteiger partial charge in [-0.25, -0.2) is 0 Å². The molecule has 1 amide bonds. The third kappa shape index (κ3) is 5.02. The summed E-state index contributed by atoms with van der Waals surface area (Å²) >= 11 is 5.17. The summed E-state index contributed by atoms with van der Waals surface area (Å²) in [5.74, 6) is 0.306. The fraction of sp³-hybridized carbons (Fsp3) is 0.643. The van der Waals surface area contributed by atoms with E-state index in [1.807, 2.05) is 0 Å². The van der Waals surface area contributed by atoms with Crippen molar-refractivity contribution in [1.82, 2.24) is 10.2 Å². The minimum Gasteiger partial charge on any atom is -0.338 e. The zero-order chi connectivity index (χ0) is 13.7. The van der Waals surface area contributed by atoms with Crippen molar-refractivity contribution in [3.05, 3.63) is 20.8 Å². The molecule has 1 saturated heterocycles. The van der Waals surface area contributed by atoms with Crippen LogP contribution in [0.4, 0.5) is 0 Å². The first-order valence-electron chi connectivity index (χ1n) is 6.93. The molecular formula is C14H22BrClN2OS. The Morgan fingerprint density at radius 1 is 1.60 bits per heavy atom. The molecule has 1 N–H and O–H groups in total. The van der Waals surface area contributed by atoms with Gasteiger partial charge in [-0.2, -0.15) is 0 Å². The summed E-state index contributed by atoms with van der Waals surface area (Å²) in [7, 11) is 0. The minimum atomic E-state index is 0. The lowest BCUT2D eigenvalue weighted by atomic mass is 10.1. The fourth-order valence-corrected chi connectivity index (χ4v) is 3.97. The normalized spacial score (nSPS) is 17.8. The average molecular weight is 382 g/mol. The van der Waals surface area contributed by atoms with Gasteiger partial charge >= 0.3 is 0 Å². The van der Waals surface area contributed by atoms with Gasteiger partial charge in [0.1, 0.15) is 0 Å². The maximum atomic E-state index is 12.4. The van der Waals surface area contributed by atoms with E-state index in [0.29, 0.717) is 18.4 Å². The molecule has 6 heteroatoms. The highest BCUT2D eigenvalue weighted by Crippen LogP contribution is 2.21. The van der Waals surface area contributed by atoms with Crippen molar-refractivity contribution in [2.45, 2.75) is 38.6 Å². The van der Waals surface area contributed by atoms with Crippen LogP contribution in [0.3, 0.4) is 0 Å². The Bertz CT molecular complexity index is 421. The summed E-state index contributed by atoms with van der Waals surface area (Å²) in [5, 5.41) is 5.42. The molecule has 3 nitrogen and oxygen atoms in total. The van der Waals surface area contributed by atoms with E-state index in [4.69, 9.17) is 0 Å². The largest absolute Gasteiger partial charge is 0.338 e. The molecule has 114 valence electrons. The van der Waals surface area contributed by atoms with Gasteiger partial charge in [0.2, 0.25) is 5.91 Å². The van der Waals surface area contributed by atoms with Gasteiger partial charge in [0.25, 0.3) is 0 Å². The fourth-order valence-electron chi connectivity index (χ4n) is 2.52. The quantitative estimate of drug-likeness (QED) is 0.818. The van der Waals surface area contributed by atoms with Crippen LogP contribution < -0.4 is 5.32 Å². The molecule has 1 aliphatic heterocycles. The second-order valence-corrected chi connectivity index (χ2v) is 6.88. The standard InChI is InChI=1S/C14H21BrN2OS.ClH/c1-2-7-17(12-5-6-16-9-12)14(18)4-3-13-8-11(15)10-19-13;/h8,10,12,16H,2-7,9H2,1H3;1H. The van der Waals surface area contributed by atoms with Gasteiger partial charge < -0.3 is 10.2 Å². The number of thiophene rings is 1. The smallest absolute Gasteiger partial charge is 0.223 e. The van der Waals surface area contributed by atoms with Crippen LogP contribution in [0.25, 0.3) is 0 Å². The zero-order valence-corrected chi connectivity index (χ0v) is 15.0. The third-order valence-corrected chi connectivity index (χ3v) is 5.22. The maximum Gasteiger partial charge on any atom is 0.223 e. The molecule has 0 radical (unpaired) electrons. The van der Waals surface area contributed by atoms with E-state index in [9.17, 15) is 4.79 Å². The predicted octanol–water partition coefficient (Wildman–Crippen LogP) is 3.47. The Morgan fingerprint density at radius 3 is 2.95 bits per heavy atom. The molecule has 1 aliphatic rings. The molecule has 2 heterocycles. The molecule has 0 aliphatic carbocycles. The van der Waals surface area contributed by atoms with E-state index in [1.165, 1.54) is 4.88 Å². The monoisotopic (exact) mass is 380 g/mol. The highest BCUT2D eigenvalue weighted by atomic mass is 79.9. The Labute approximate surface area is 139 Å². The van der Waals surface area contributed by atoms with Gasteiger partial charge in [-0.3, -0.25) is 4.79 Å². The first-order valence-corrected chi connectivity index (χ1v) is 8.61. The van der Waals surface area contributed by atoms with E-state index < -0.39 is 0 Å². The first kappa shape index (κ1) is 18.0. The van der Waals surface area contributed by atoms with Crippen LogP contribution in [-0.4, -0.2) is 36.5 Å². The second-order valence-electron chi connectivity index (χ2n) is 4.96. The highest BCUT2D eigenvalue weighted by molar-refractivity contribution is 9.10. The molecule has 1 fully saturated rings. The number of aryl methyl sites for hydroxylation is 1. The number of rotatable bonds is 6. The number of nitrogens with zero attached hydrogens (tertiary/aromatic N) is 1. The van der Waals surface area contributed by atoms with Crippen molar-refractivity contribution < 1.29 is 4.79 Å². The van der Waals surface area contributed by atoms with Gasteiger partial charge in [-0.15, -0.1) is 23.7 Å². The lowest BCUT2D eigenvalue weighted by Gasteiger charge is -2.28. The van der Waals surface area contributed by atoms with Crippen LogP contribution in [-0.2, 0) is 11.2 Å². The lowest BCUT2D eigenvalue weighted by molar-refractivity contribution is -0.133. The van der Waals surface area contributed by atoms with E-state index >= 15 is 0 Å². The molecule has 0 saturated carbocycles. The van der Waals surface area contributed by atoms with Crippen molar-refractivity contribution in [3.8, 4) is 0 Å². The van der Waals surface area contributed by atoms with Gasteiger partial charge in [-0.1, -0.05) is 6.92 Å². The van der Waals surface area contributed by atoms with Crippen molar-refractivity contribution in [2.24, 2.45) is 0 Å². The zero-order valence-electron chi connectivity index (χ0n) is 11.7. The molecule has 1 aromatic heterocycles. The molecule has 2 rings (SSSR count). The summed E-state index contributed by atoms with van der Waals surface area (Å²) in [6.07, 6.45) is 3.61. The van der Waals surface area contributed by atoms with Gasteiger partial charge in [-0.05, 0) is 47.8 Å². The van der Waals surface area contributed by atoms with E-state index in [0.717, 1.165) is 43.4 Å². The summed E-state index contributed by atoms with van der Waals surface area (Å²) in [6, 6.07) is 2.52.